The number of hydrogen-bond acceptors (Lipinski definition) is 8. The summed E-state index contributed by atoms with van der Waals surface area (Å²) in [5.74, 6) is 1.14. The molecule has 37 heavy (non-hydrogen) atoms. The molecule has 0 spiro atoms. The van der Waals surface area contributed by atoms with Gasteiger partial charge in [-0.25, -0.2) is 23.4 Å². The average molecular weight is 514 g/mol. The van der Waals surface area contributed by atoms with Crippen LogP contribution in [0.5, 0.6) is 0 Å². The molecule has 0 aliphatic carbocycles. The number of sulfone groups is 1. The fourth-order valence-corrected chi connectivity index (χ4v) is 4.96. The topological polar surface area (TPSA) is 114 Å². The fourth-order valence-electron chi connectivity index (χ4n) is 4.16. The first kappa shape index (κ1) is 24.3. The molecule has 5 rings (SSSR count). The summed E-state index contributed by atoms with van der Waals surface area (Å²) in [5.41, 5.74) is 6.68. The Morgan fingerprint density at radius 2 is 1.59 bits per heavy atom. The van der Waals surface area contributed by atoms with Crippen molar-refractivity contribution in [1.29, 1.82) is 0 Å². The Balaban J connectivity index is 1.49. The Hall–Kier alpha value is -4.44. The molecule has 2 aromatic heterocycles. The number of imidazole rings is 1. The summed E-state index contributed by atoms with van der Waals surface area (Å²) in [6.07, 6.45) is 2.92. The lowest BCUT2D eigenvalue weighted by Crippen LogP contribution is -2.02. The Kier molecular flexibility index (Phi) is 6.49. The maximum atomic E-state index is 11.6. The van der Waals surface area contributed by atoms with E-state index in [4.69, 9.17) is 9.97 Å². The summed E-state index contributed by atoms with van der Waals surface area (Å²) >= 11 is 0. The summed E-state index contributed by atoms with van der Waals surface area (Å²) in [7, 11) is 0.754. The second-order valence-corrected chi connectivity index (χ2v) is 10.9. The molecule has 0 unspecified atom stereocenters. The van der Waals surface area contributed by atoms with Crippen molar-refractivity contribution in [3.63, 3.8) is 0 Å². The zero-order valence-electron chi connectivity index (χ0n) is 20.7. The lowest BCUT2D eigenvalue weighted by Gasteiger charge is -2.11. The molecule has 2 heterocycles. The number of hydrogen-bond donors (Lipinski definition) is 3. The van der Waals surface area contributed by atoms with Crippen molar-refractivity contribution in [1.82, 2.24) is 19.5 Å². The Labute approximate surface area is 215 Å². The van der Waals surface area contributed by atoms with Gasteiger partial charge in [-0.05, 0) is 48.0 Å². The van der Waals surface area contributed by atoms with Crippen molar-refractivity contribution in [2.75, 3.05) is 29.3 Å². The van der Waals surface area contributed by atoms with E-state index >= 15 is 0 Å². The van der Waals surface area contributed by atoms with Gasteiger partial charge in [0.25, 0.3) is 0 Å². The Morgan fingerprint density at radius 1 is 0.865 bits per heavy atom. The van der Waals surface area contributed by atoms with Gasteiger partial charge in [-0.2, -0.15) is 0 Å². The highest BCUT2D eigenvalue weighted by Gasteiger charge is 2.18. The van der Waals surface area contributed by atoms with Gasteiger partial charge in [-0.3, -0.25) is 0 Å². The molecule has 0 aliphatic rings. The predicted octanol–water partition coefficient (Wildman–Crippen LogP) is 5.10. The maximum absolute atomic E-state index is 11.6. The molecule has 0 atom stereocenters. The van der Waals surface area contributed by atoms with Crippen LogP contribution in [0.3, 0.4) is 0 Å². The minimum atomic E-state index is -3.09. The van der Waals surface area contributed by atoms with E-state index in [-0.39, 0.29) is 5.75 Å². The van der Waals surface area contributed by atoms with Gasteiger partial charge in [0, 0.05) is 43.6 Å². The average Bonchev–Trinajstić information content (AvgIpc) is 3.19. The first-order valence-corrected chi connectivity index (χ1v) is 13.7. The third-order valence-corrected chi connectivity index (χ3v) is 6.76. The minimum Gasteiger partial charge on any atom is -0.388 e. The molecule has 3 N–H and O–H groups in total. The second kappa shape index (κ2) is 9.90. The largest absolute Gasteiger partial charge is 0.388 e. The Bertz CT molecular complexity index is 1670. The van der Waals surface area contributed by atoms with E-state index in [1.165, 1.54) is 6.26 Å². The van der Waals surface area contributed by atoms with Crippen molar-refractivity contribution in [2.24, 2.45) is 7.05 Å². The number of nitrogens with one attached hydrogen (secondary N) is 3. The van der Waals surface area contributed by atoms with Gasteiger partial charge in [-0.1, -0.05) is 30.3 Å². The molecule has 0 saturated carbocycles. The lowest BCUT2D eigenvalue weighted by atomic mass is 10.1. The van der Waals surface area contributed by atoms with Crippen LogP contribution in [0.2, 0.25) is 0 Å². The van der Waals surface area contributed by atoms with E-state index in [9.17, 15) is 8.42 Å². The fraction of sp³-hybridized carbons (Fsp3) is 0.148. The highest BCUT2D eigenvalue weighted by atomic mass is 32.2. The van der Waals surface area contributed by atoms with Crippen LogP contribution < -0.4 is 16.0 Å². The molecule has 9 nitrogen and oxygen atoms in total. The molecule has 0 amide bonds. The molecule has 188 valence electrons. The molecule has 10 heteroatoms. The van der Waals surface area contributed by atoms with Crippen molar-refractivity contribution < 1.29 is 8.42 Å². The van der Waals surface area contributed by atoms with Crippen molar-refractivity contribution >= 4 is 49.8 Å². The van der Waals surface area contributed by atoms with Gasteiger partial charge in [-0.15, -0.1) is 0 Å². The summed E-state index contributed by atoms with van der Waals surface area (Å²) in [5, 5.41) is 9.86. The van der Waals surface area contributed by atoms with Gasteiger partial charge < -0.3 is 20.5 Å². The number of aryl methyl sites for hydroxylation is 1. The van der Waals surface area contributed by atoms with Crippen LogP contribution >= 0.6 is 0 Å². The quantitative estimate of drug-likeness (QED) is 0.263. The Morgan fingerprint density at radius 3 is 2.30 bits per heavy atom. The molecule has 0 saturated heterocycles. The SMILES string of the molecule is CNc1ccc2c(nc(Nc3ccccc3)n2C)c1-c1ccnc(Nc2ccc(CS(C)(=O)=O)cc2)n1. The highest BCUT2D eigenvalue weighted by molar-refractivity contribution is 7.89. The smallest absolute Gasteiger partial charge is 0.227 e. The van der Waals surface area contributed by atoms with Gasteiger partial charge >= 0.3 is 0 Å². The molecule has 0 fully saturated rings. The highest BCUT2D eigenvalue weighted by Crippen LogP contribution is 2.36. The van der Waals surface area contributed by atoms with Crippen LogP contribution in [-0.4, -0.2) is 41.2 Å². The van der Waals surface area contributed by atoms with Gasteiger partial charge in [0.2, 0.25) is 11.9 Å². The lowest BCUT2D eigenvalue weighted by molar-refractivity contribution is 0.601. The predicted molar refractivity (Wildman–Crippen MR) is 149 cm³/mol. The van der Waals surface area contributed by atoms with E-state index < -0.39 is 9.84 Å². The standard InChI is InChI=1S/C27H27N7O2S/c1-28-21-13-14-23-25(33-27(34(23)2)31-19-7-5-4-6-8-19)24(21)22-15-16-29-26(32-22)30-20-11-9-18(10-12-20)17-37(3,35)36/h4-16,28H,17H2,1-3H3,(H,31,33)(H,29,30,32). The van der Waals surface area contributed by atoms with Crippen molar-refractivity contribution in [2.45, 2.75) is 5.75 Å². The van der Waals surface area contributed by atoms with Gasteiger partial charge in [0.1, 0.15) is 5.52 Å². The minimum absolute atomic E-state index is 0.00125. The van der Waals surface area contributed by atoms with E-state index in [2.05, 4.69) is 20.9 Å². The third-order valence-electron chi connectivity index (χ3n) is 5.90. The second-order valence-electron chi connectivity index (χ2n) is 8.75. The first-order valence-electron chi connectivity index (χ1n) is 11.7. The molecular formula is C27H27N7O2S. The number of para-hydroxylation sites is 1. The number of benzene rings is 3. The van der Waals surface area contributed by atoms with E-state index in [1.807, 2.05) is 79.3 Å². The number of rotatable bonds is 8. The molecule has 0 aliphatic heterocycles. The zero-order chi connectivity index (χ0) is 26.0. The number of aromatic nitrogens is 4. The molecule has 5 aromatic rings. The van der Waals surface area contributed by atoms with Crippen LogP contribution in [0, 0.1) is 0 Å². The van der Waals surface area contributed by atoms with Crippen LogP contribution in [0.25, 0.3) is 22.3 Å². The maximum Gasteiger partial charge on any atom is 0.227 e. The van der Waals surface area contributed by atoms with Crippen LogP contribution in [0.15, 0.2) is 79.0 Å². The molecule has 0 bridgehead atoms. The zero-order valence-corrected chi connectivity index (χ0v) is 21.5. The van der Waals surface area contributed by atoms with Gasteiger partial charge in [0.05, 0.1) is 22.5 Å². The molecule has 0 radical (unpaired) electrons. The van der Waals surface area contributed by atoms with E-state index in [0.717, 1.165) is 45.2 Å². The van der Waals surface area contributed by atoms with E-state index in [0.29, 0.717) is 11.6 Å². The molecular weight excluding hydrogens is 486 g/mol. The summed E-state index contributed by atoms with van der Waals surface area (Å²) in [4.78, 5) is 14.1. The van der Waals surface area contributed by atoms with Crippen LogP contribution in [-0.2, 0) is 22.6 Å². The first-order chi connectivity index (χ1) is 17.8. The third kappa shape index (κ3) is 5.39. The number of anilines is 5. The number of nitrogens with zero attached hydrogens (tertiary/aromatic N) is 4. The summed E-state index contributed by atoms with van der Waals surface area (Å²) in [6.45, 7) is 0. The van der Waals surface area contributed by atoms with Gasteiger partial charge in [0.15, 0.2) is 9.84 Å². The molecule has 3 aromatic carbocycles. The number of fused-ring (bicyclic) bond motifs is 1. The normalized spacial score (nSPS) is 11.4. The summed E-state index contributed by atoms with van der Waals surface area (Å²) in [6, 6.07) is 23.0. The van der Waals surface area contributed by atoms with E-state index in [1.54, 1.807) is 18.3 Å². The summed E-state index contributed by atoms with van der Waals surface area (Å²) < 4.78 is 25.1. The van der Waals surface area contributed by atoms with Crippen molar-refractivity contribution in [3.8, 4) is 11.3 Å². The van der Waals surface area contributed by atoms with Crippen molar-refractivity contribution in [3.05, 3.63) is 84.6 Å². The van der Waals surface area contributed by atoms with Crippen LogP contribution in [0.4, 0.5) is 29.0 Å². The monoisotopic (exact) mass is 513 g/mol. The van der Waals surface area contributed by atoms with Crippen LogP contribution in [0.1, 0.15) is 5.56 Å².